The molecular formula is C18H30N2O. The number of hydrogen-bond donors (Lipinski definition) is 1. The lowest BCUT2D eigenvalue weighted by molar-refractivity contribution is -0.0532. The summed E-state index contributed by atoms with van der Waals surface area (Å²) in [5.74, 6) is 0. The molecule has 2 unspecified atom stereocenters. The van der Waals surface area contributed by atoms with Crippen molar-refractivity contribution in [2.75, 3.05) is 26.2 Å². The van der Waals surface area contributed by atoms with E-state index in [1.54, 1.807) is 0 Å². The van der Waals surface area contributed by atoms with E-state index in [1.807, 2.05) is 0 Å². The lowest BCUT2D eigenvalue weighted by Crippen LogP contribution is -2.62. The van der Waals surface area contributed by atoms with Gasteiger partial charge in [0, 0.05) is 32.3 Å². The van der Waals surface area contributed by atoms with Crippen molar-refractivity contribution < 1.29 is 4.74 Å². The number of benzene rings is 1. The van der Waals surface area contributed by atoms with Crippen LogP contribution in [0.4, 0.5) is 0 Å². The van der Waals surface area contributed by atoms with Crippen LogP contribution < -0.4 is 5.32 Å². The first kappa shape index (κ1) is 16.5. The van der Waals surface area contributed by atoms with Gasteiger partial charge in [-0.15, -0.1) is 0 Å². The summed E-state index contributed by atoms with van der Waals surface area (Å²) in [5.41, 5.74) is 1.27. The molecule has 0 bridgehead atoms. The zero-order valence-electron chi connectivity index (χ0n) is 14.1. The maximum atomic E-state index is 5.89. The summed E-state index contributed by atoms with van der Waals surface area (Å²) in [6.07, 6.45) is 0. The van der Waals surface area contributed by atoms with Crippen molar-refractivity contribution in [2.45, 2.75) is 51.8 Å². The van der Waals surface area contributed by atoms with Gasteiger partial charge in [0.15, 0.2) is 0 Å². The summed E-state index contributed by atoms with van der Waals surface area (Å²) in [6, 6.07) is 11.3. The number of rotatable bonds is 5. The monoisotopic (exact) mass is 290 g/mol. The van der Waals surface area contributed by atoms with Crippen molar-refractivity contribution in [3.05, 3.63) is 35.9 Å². The van der Waals surface area contributed by atoms with Gasteiger partial charge in [0.2, 0.25) is 0 Å². The van der Waals surface area contributed by atoms with Crippen LogP contribution in [-0.4, -0.2) is 42.8 Å². The molecule has 1 heterocycles. The highest BCUT2D eigenvalue weighted by Gasteiger charge is 2.37. The molecule has 0 radical (unpaired) electrons. The fraction of sp³-hybridized carbons (Fsp3) is 0.667. The van der Waals surface area contributed by atoms with Crippen molar-refractivity contribution in [1.82, 2.24) is 10.2 Å². The first-order valence-corrected chi connectivity index (χ1v) is 8.05. The van der Waals surface area contributed by atoms with E-state index in [0.717, 1.165) is 26.2 Å². The highest BCUT2D eigenvalue weighted by Crippen LogP contribution is 2.27. The summed E-state index contributed by atoms with van der Waals surface area (Å²) in [4.78, 5) is 2.55. The Morgan fingerprint density at radius 2 is 2.00 bits per heavy atom. The van der Waals surface area contributed by atoms with Crippen LogP contribution in [0.25, 0.3) is 0 Å². The molecule has 0 aromatic heterocycles. The van der Waals surface area contributed by atoms with Crippen LogP contribution >= 0.6 is 0 Å². The molecule has 1 aliphatic heterocycles. The van der Waals surface area contributed by atoms with E-state index in [-0.39, 0.29) is 11.1 Å². The Morgan fingerprint density at radius 3 is 2.62 bits per heavy atom. The zero-order valence-corrected chi connectivity index (χ0v) is 14.1. The van der Waals surface area contributed by atoms with E-state index in [4.69, 9.17) is 4.74 Å². The Bertz CT molecular complexity index is 446. The second-order valence-electron chi connectivity index (χ2n) is 7.03. The Hall–Kier alpha value is -0.900. The van der Waals surface area contributed by atoms with Crippen LogP contribution in [0.2, 0.25) is 0 Å². The number of ether oxygens (including phenoxy) is 1. The molecule has 118 valence electrons. The van der Waals surface area contributed by atoms with Crippen LogP contribution in [-0.2, 0) is 10.3 Å². The van der Waals surface area contributed by atoms with E-state index in [0.29, 0.717) is 6.04 Å². The minimum absolute atomic E-state index is 0.00998. The van der Waals surface area contributed by atoms with Gasteiger partial charge >= 0.3 is 0 Å². The quantitative estimate of drug-likeness (QED) is 0.902. The Kier molecular flexibility index (Phi) is 5.07. The maximum absolute atomic E-state index is 5.89. The molecule has 3 heteroatoms. The third kappa shape index (κ3) is 4.06. The fourth-order valence-corrected chi connectivity index (χ4v) is 3.26. The SMILES string of the molecule is CCOC(C)(C)CN1CC(C)(c2ccccc2)NCC1C. The van der Waals surface area contributed by atoms with E-state index >= 15 is 0 Å². The Labute approximate surface area is 129 Å². The van der Waals surface area contributed by atoms with Gasteiger partial charge in [-0.05, 0) is 40.2 Å². The summed E-state index contributed by atoms with van der Waals surface area (Å²) < 4.78 is 5.89. The Morgan fingerprint density at radius 1 is 1.33 bits per heavy atom. The van der Waals surface area contributed by atoms with Crippen LogP contribution in [0.5, 0.6) is 0 Å². The number of nitrogens with one attached hydrogen (secondary N) is 1. The number of hydrogen-bond acceptors (Lipinski definition) is 3. The predicted octanol–water partition coefficient (Wildman–Crippen LogP) is 3.01. The lowest BCUT2D eigenvalue weighted by atomic mass is 9.88. The van der Waals surface area contributed by atoms with Crippen molar-refractivity contribution in [3.63, 3.8) is 0 Å². The smallest absolute Gasteiger partial charge is 0.0752 e. The van der Waals surface area contributed by atoms with E-state index in [9.17, 15) is 0 Å². The third-order valence-corrected chi connectivity index (χ3v) is 4.46. The first-order chi connectivity index (χ1) is 9.86. The van der Waals surface area contributed by atoms with Gasteiger partial charge in [-0.3, -0.25) is 4.90 Å². The number of nitrogens with zero attached hydrogens (tertiary/aromatic N) is 1. The van der Waals surface area contributed by atoms with Crippen molar-refractivity contribution in [1.29, 1.82) is 0 Å². The molecular weight excluding hydrogens is 260 g/mol. The van der Waals surface area contributed by atoms with Gasteiger partial charge in [-0.1, -0.05) is 30.3 Å². The largest absolute Gasteiger partial charge is 0.375 e. The molecule has 0 aliphatic carbocycles. The normalized spacial score (nSPS) is 27.8. The van der Waals surface area contributed by atoms with Gasteiger partial charge < -0.3 is 10.1 Å². The van der Waals surface area contributed by atoms with Crippen LogP contribution in [0.3, 0.4) is 0 Å². The van der Waals surface area contributed by atoms with Crippen molar-refractivity contribution in [2.24, 2.45) is 0 Å². The molecule has 0 saturated carbocycles. The average Bonchev–Trinajstić information content (AvgIpc) is 2.44. The molecule has 2 atom stereocenters. The zero-order chi connectivity index (χ0) is 15.5. The van der Waals surface area contributed by atoms with Gasteiger partial charge in [0.1, 0.15) is 0 Å². The average molecular weight is 290 g/mol. The maximum Gasteiger partial charge on any atom is 0.0752 e. The van der Waals surface area contributed by atoms with E-state index < -0.39 is 0 Å². The summed E-state index contributed by atoms with van der Waals surface area (Å²) in [7, 11) is 0. The Balaban J connectivity index is 2.12. The molecule has 0 spiro atoms. The van der Waals surface area contributed by atoms with Crippen molar-refractivity contribution >= 4 is 0 Å². The van der Waals surface area contributed by atoms with Gasteiger partial charge in [-0.25, -0.2) is 0 Å². The van der Waals surface area contributed by atoms with Crippen LogP contribution in [0.1, 0.15) is 40.2 Å². The molecule has 3 nitrogen and oxygen atoms in total. The summed E-state index contributed by atoms with van der Waals surface area (Å²) in [5, 5.41) is 3.73. The lowest BCUT2D eigenvalue weighted by Gasteiger charge is -2.47. The van der Waals surface area contributed by atoms with Crippen LogP contribution in [0.15, 0.2) is 30.3 Å². The highest BCUT2D eigenvalue weighted by atomic mass is 16.5. The van der Waals surface area contributed by atoms with E-state index in [2.05, 4.69) is 75.2 Å². The second-order valence-corrected chi connectivity index (χ2v) is 7.03. The molecule has 2 rings (SSSR count). The molecule has 1 aliphatic rings. The van der Waals surface area contributed by atoms with Gasteiger partial charge in [0.25, 0.3) is 0 Å². The molecule has 1 aromatic carbocycles. The minimum Gasteiger partial charge on any atom is -0.375 e. The van der Waals surface area contributed by atoms with E-state index in [1.165, 1.54) is 5.56 Å². The highest BCUT2D eigenvalue weighted by molar-refractivity contribution is 5.25. The molecule has 21 heavy (non-hydrogen) atoms. The van der Waals surface area contributed by atoms with Crippen molar-refractivity contribution in [3.8, 4) is 0 Å². The molecule has 1 N–H and O–H groups in total. The summed E-state index contributed by atoms with van der Waals surface area (Å²) >= 11 is 0. The fourth-order valence-electron chi connectivity index (χ4n) is 3.26. The minimum atomic E-state index is -0.0993. The molecule has 1 aromatic rings. The topological polar surface area (TPSA) is 24.5 Å². The first-order valence-electron chi connectivity index (χ1n) is 8.05. The second kappa shape index (κ2) is 6.47. The molecule has 1 fully saturated rings. The summed E-state index contributed by atoms with van der Waals surface area (Å²) in [6.45, 7) is 14.8. The van der Waals surface area contributed by atoms with Crippen LogP contribution in [0, 0.1) is 0 Å². The predicted molar refractivity (Wildman–Crippen MR) is 88.5 cm³/mol. The molecule has 0 amide bonds. The third-order valence-electron chi connectivity index (χ3n) is 4.46. The van der Waals surface area contributed by atoms with Gasteiger partial charge in [-0.2, -0.15) is 0 Å². The number of piperazine rings is 1. The molecule has 1 saturated heterocycles. The standard InChI is InChI=1S/C18H30N2O/c1-6-21-17(3,4)13-20-14-18(5,19-12-15(20)2)16-10-8-7-9-11-16/h7-11,15,19H,6,12-14H2,1-5H3. The van der Waals surface area contributed by atoms with Gasteiger partial charge in [0.05, 0.1) is 11.1 Å².